The Kier molecular flexibility index (Phi) is 3.39. The number of hydrogen-bond donors (Lipinski definition) is 0. The lowest BCUT2D eigenvalue weighted by molar-refractivity contribution is 0.722. The number of hydrogen-bond acceptors (Lipinski definition) is 2. The Labute approximate surface area is 124 Å². The van der Waals surface area contributed by atoms with Crippen molar-refractivity contribution in [3.05, 3.63) is 57.5 Å². The molecule has 1 aliphatic rings. The van der Waals surface area contributed by atoms with E-state index < -0.39 is 0 Å². The van der Waals surface area contributed by atoms with Crippen LogP contribution >= 0.6 is 0 Å². The van der Waals surface area contributed by atoms with Crippen LogP contribution in [0.2, 0.25) is 0 Å². The zero-order chi connectivity index (χ0) is 15.0. The van der Waals surface area contributed by atoms with Crippen LogP contribution in [0.4, 0.5) is 0 Å². The highest BCUT2D eigenvalue weighted by atomic mass is 16.1. The molecule has 0 amide bonds. The van der Waals surface area contributed by atoms with Gasteiger partial charge in [-0.25, -0.2) is 0 Å². The summed E-state index contributed by atoms with van der Waals surface area (Å²) in [6.07, 6.45) is 1.77. The van der Waals surface area contributed by atoms with Gasteiger partial charge in [0.1, 0.15) is 6.07 Å². The van der Waals surface area contributed by atoms with E-state index in [1.165, 1.54) is 5.56 Å². The van der Waals surface area contributed by atoms with Crippen molar-refractivity contribution in [2.75, 3.05) is 0 Å². The maximum absolute atomic E-state index is 12.7. The lowest BCUT2D eigenvalue weighted by atomic mass is 9.97. The van der Waals surface area contributed by atoms with Crippen molar-refractivity contribution in [1.29, 1.82) is 5.26 Å². The van der Waals surface area contributed by atoms with Crippen LogP contribution in [0, 0.1) is 11.3 Å². The Morgan fingerprint density at radius 1 is 1.29 bits per heavy atom. The summed E-state index contributed by atoms with van der Waals surface area (Å²) in [6.45, 7) is 4.99. The van der Waals surface area contributed by atoms with E-state index in [1.807, 2.05) is 12.1 Å². The molecule has 2 aromatic rings. The Morgan fingerprint density at radius 3 is 2.81 bits per heavy atom. The van der Waals surface area contributed by atoms with Gasteiger partial charge in [0.05, 0.1) is 5.56 Å². The smallest absolute Gasteiger partial charge is 0.258 e. The highest BCUT2D eigenvalue weighted by Crippen LogP contribution is 2.25. The Morgan fingerprint density at radius 2 is 2.10 bits per heavy atom. The van der Waals surface area contributed by atoms with Gasteiger partial charge < -0.3 is 4.57 Å². The molecular weight excluding hydrogens is 260 g/mol. The van der Waals surface area contributed by atoms with Gasteiger partial charge in [0.2, 0.25) is 0 Å². The van der Waals surface area contributed by atoms with Gasteiger partial charge in [0.15, 0.2) is 0 Å². The van der Waals surface area contributed by atoms with Gasteiger partial charge in [-0.2, -0.15) is 5.26 Å². The van der Waals surface area contributed by atoms with Gasteiger partial charge in [-0.15, -0.1) is 0 Å². The van der Waals surface area contributed by atoms with E-state index in [0.717, 1.165) is 30.6 Å². The monoisotopic (exact) mass is 278 g/mol. The molecule has 0 N–H and O–H groups in total. The molecule has 1 aromatic carbocycles. The quantitative estimate of drug-likeness (QED) is 0.844. The molecule has 0 fully saturated rings. The number of pyridine rings is 1. The van der Waals surface area contributed by atoms with Crippen LogP contribution < -0.4 is 5.56 Å². The predicted octanol–water partition coefficient (Wildman–Crippen LogP) is 3.46. The van der Waals surface area contributed by atoms with Gasteiger partial charge >= 0.3 is 0 Å². The maximum atomic E-state index is 12.7. The molecule has 1 aliphatic heterocycles. The van der Waals surface area contributed by atoms with Crippen molar-refractivity contribution < 1.29 is 0 Å². The molecule has 0 radical (unpaired) electrons. The Balaban J connectivity index is 2.22. The third-order valence-corrected chi connectivity index (χ3v) is 4.18. The minimum atomic E-state index is 0.0300. The zero-order valence-electron chi connectivity index (χ0n) is 12.4. The fourth-order valence-corrected chi connectivity index (χ4v) is 2.98. The summed E-state index contributed by atoms with van der Waals surface area (Å²) in [6, 6.07) is 12.1. The topological polar surface area (TPSA) is 45.8 Å². The lowest BCUT2D eigenvalue weighted by Gasteiger charge is -2.11. The van der Waals surface area contributed by atoms with Gasteiger partial charge in [-0.3, -0.25) is 4.79 Å². The van der Waals surface area contributed by atoms with Crippen LogP contribution in [0.15, 0.2) is 35.1 Å². The number of fused-ring (bicyclic) bond motifs is 1. The molecule has 0 saturated heterocycles. The van der Waals surface area contributed by atoms with E-state index in [9.17, 15) is 10.1 Å². The maximum Gasteiger partial charge on any atom is 0.258 e. The first-order chi connectivity index (χ1) is 10.1. The summed E-state index contributed by atoms with van der Waals surface area (Å²) in [7, 11) is 0. The summed E-state index contributed by atoms with van der Waals surface area (Å²) in [5.41, 5.74) is 4.31. The van der Waals surface area contributed by atoms with E-state index in [0.29, 0.717) is 17.0 Å². The van der Waals surface area contributed by atoms with E-state index >= 15 is 0 Å². The zero-order valence-corrected chi connectivity index (χ0v) is 12.4. The predicted molar refractivity (Wildman–Crippen MR) is 83.3 cm³/mol. The van der Waals surface area contributed by atoms with Crippen LogP contribution in [0.3, 0.4) is 0 Å². The highest BCUT2D eigenvalue weighted by Gasteiger charge is 2.19. The highest BCUT2D eigenvalue weighted by molar-refractivity contribution is 5.66. The second-order valence-corrected chi connectivity index (χ2v) is 5.87. The molecule has 3 rings (SSSR count). The standard InChI is InChI=1S/C18H18N2O/c1-12(2)13-5-3-6-14(9-13)16-10-15(11-19)17-7-4-8-20(17)18(16)21/h3,5-6,9-10,12H,4,7-8H2,1-2H3. The Hall–Kier alpha value is -2.34. The van der Waals surface area contributed by atoms with Crippen LogP contribution in [0.5, 0.6) is 0 Å². The lowest BCUT2D eigenvalue weighted by Crippen LogP contribution is -2.22. The van der Waals surface area contributed by atoms with Crippen molar-refractivity contribution in [3.8, 4) is 17.2 Å². The molecule has 21 heavy (non-hydrogen) atoms. The first-order valence-electron chi connectivity index (χ1n) is 7.39. The molecular formula is C18H18N2O. The average Bonchev–Trinajstić information content (AvgIpc) is 2.98. The van der Waals surface area contributed by atoms with Crippen molar-refractivity contribution >= 4 is 0 Å². The molecule has 0 aliphatic carbocycles. The summed E-state index contributed by atoms with van der Waals surface area (Å²) in [5.74, 6) is 0.414. The Bertz CT molecular complexity index is 794. The normalized spacial score (nSPS) is 13.2. The van der Waals surface area contributed by atoms with Crippen molar-refractivity contribution in [3.63, 3.8) is 0 Å². The second kappa shape index (κ2) is 5.21. The summed E-state index contributed by atoms with van der Waals surface area (Å²) >= 11 is 0. The molecule has 0 bridgehead atoms. The molecule has 2 heterocycles. The van der Waals surface area contributed by atoms with Gasteiger partial charge in [-0.1, -0.05) is 38.1 Å². The first-order valence-corrected chi connectivity index (χ1v) is 7.39. The first kappa shape index (κ1) is 13.6. The van der Waals surface area contributed by atoms with E-state index in [2.05, 4.69) is 32.0 Å². The molecule has 0 unspecified atom stereocenters. The number of nitrogens with zero attached hydrogens (tertiary/aromatic N) is 2. The van der Waals surface area contributed by atoms with Gasteiger partial charge in [-0.05, 0) is 36.0 Å². The number of nitriles is 1. The molecule has 0 saturated carbocycles. The molecule has 106 valence electrons. The number of benzene rings is 1. The molecule has 1 aromatic heterocycles. The van der Waals surface area contributed by atoms with Gasteiger partial charge in [0, 0.05) is 17.8 Å². The summed E-state index contributed by atoms with van der Waals surface area (Å²) in [5, 5.41) is 9.34. The van der Waals surface area contributed by atoms with Crippen LogP contribution in [-0.4, -0.2) is 4.57 Å². The minimum absolute atomic E-state index is 0.0300. The van der Waals surface area contributed by atoms with Gasteiger partial charge in [0.25, 0.3) is 5.56 Å². The SMILES string of the molecule is CC(C)c1cccc(-c2cc(C#N)c3n(c2=O)CCC3)c1. The fraction of sp³-hybridized carbons (Fsp3) is 0.333. The van der Waals surface area contributed by atoms with Crippen LogP contribution in [0.1, 0.15) is 43.0 Å². The van der Waals surface area contributed by atoms with Crippen molar-refractivity contribution in [2.45, 2.75) is 39.2 Å². The third kappa shape index (κ3) is 2.27. The summed E-state index contributed by atoms with van der Waals surface area (Å²) in [4.78, 5) is 12.7. The largest absolute Gasteiger partial charge is 0.311 e. The molecule has 0 atom stereocenters. The van der Waals surface area contributed by atoms with Crippen molar-refractivity contribution in [2.24, 2.45) is 0 Å². The second-order valence-electron chi connectivity index (χ2n) is 5.87. The number of rotatable bonds is 2. The molecule has 3 heteroatoms. The molecule has 3 nitrogen and oxygen atoms in total. The number of aromatic nitrogens is 1. The average molecular weight is 278 g/mol. The van der Waals surface area contributed by atoms with E-state index in [1.54, 1.807) is 10.6 Å². The molecule has 0 spiro atoms. The fourth-order valence-electron chi connectivity index (χ4n) is 2.98. The summed E-state index contributed by atoms with van der Waals surface area (Å²) < 4.78 is 1.77. The van der Waals surface area contributed by atoms with E-state index in [4.69, 9.17) is 0 Å². The minimum Gasteiger partial charge on any atom is -0.311 e. The van der Waals surface area contributed by atoms with E-state index in [-0.39, 0.29) is 5.56 Å². The third-order valence-electron chi connectivity index (χ3n) is 4.18. The van der Waals surface area contributed by atoms with Crippen LogP contribution in [-0.2, 0) is 13.0 Å². The van der Waals surface area contributed by atoms with Crippen LogP contribution in [0.25, 0.3) is 11.1 Å². The van der Waals surface area contributed by atoms with Crippen molar-refractivity contribution in [1.82, 2.24) is 4.57 Å².